The van der Waals surface area contributed by atoms with Crippen LogP contribution in [0.25, 0.3) is 11.1 Å². The topological polar surface area (TPSA) is 75.6 Å². The van der Waals surface area contributed by atoms with Crippen LogP contribution >= 0.6 is 0 Å². The maximum absolute atomic E-state index is 13.1. The summed E-state index contributed by atoms with van der Waals surface area (Å²) in [5.74, 6) is -0.599. The number of carbonyl (C=O) groups excluding carboxylic acids is 1. The lowest BCUT2D eigenvalue weighted by Crippen LogP contribution is -2.26. The zero-order valence-corrected chi connectivity index (χ0v) is 22.6. The zero-order chi connectivity index (χ0) is 28.7. The Bertz CT molecular complexity index is 1260. The first-order valence-corrected chi connectivity index (χ1v) is 12.9. The van der Waals surface area contributed by atoms with Crippen molar-refractivity contribution in [1.82, 2.24) is 5.32 Å². The van der Waals surface area contributed by atoms with Crippen LogP contribution in [0, 0.1) is 13.8 Å². The van der Waals surface area contributed by atoms with Crippen LogP contribution in [0.2, 0.25) is 0 Å². The Labute approximate surface area is 227 Å². The number of carboxylic acid groups (broad SMARTS) is 1. The minimum absolute atomic E-state index is 0.0240. The van der Waals surface area contributed by atoms with E-state index in [1.54, 1.807) is 12.1 Å². The molecular formula is C31H34F3NO4. The monoisotopic (exact) mass is 541 g/mol. The smallest absolute Gasteiger partial charge is 0.389 e. The maximum atomic E-state index is 13.1. The van der Waals surface area contributed by atoms with Crippen LogP contribution in [0.5, 0.6) is 5.75 Å². The molecule has 0 spiro atoms. The molecule has 0 aliphatic heterocycles. The molecule has 0 bridgehead atoms. The summed E-state index contributed by atoms with van der Waals surface area (Å²) in [4.78, 5) is 22.9. The van der Waals surface area contributed by atoms with E-state index in [9.17, 15) is 22.8 Å². The fraction of sp³-hybridized carbons (Fsp3) is 0.355. The molecule has 3 rings (SSSR count). The molecule has 0 saturated carbocycles. The summed E-state index contributed by atoms with van der Waals surface area (Å²) in [7, 11) is 0. The summed E-state index contributed by atoms with van der Waals surface area (Å²) >= 11 is 0. The van der Waals surface area contributed by atoms with E-state index < -0.39 is 30.6 Å². The van der Waals surface area contributed by atoms with Gasteiger partial charge in [-0.15, -0.1) is 0 Å². The van der Waals surface area contributed by atoms with Gasteiger partial charge in [0.05, 0.1) is 6.42 Å². The Kier molecular flexibility index (Phi) is 9.78. The summed E-state index contributed by atoms with van der Waals surface area (Å²) in [6.45, 7) is 8.15. The normalized spacial score (nSPS) is 12.3. The van der Waals surface area contributed by atoms with Crippen molar-refractivity contribution in [2.45, 2.75) is 65.2 Å². The first-order valence-electron chi connectivity index (χ1n) is 12.9. The van der Waals surface area contributed by atoms with E-state index in [2.05, 4.69) is 43.4 Å². The number of hydrogen-bond donors (Lipinski definition) is 2. The highest BCUT2D eigenvalue weighted by Gasteiger charge is 2.30. The summed E-state index contributed by atoms with van der Waals surface area (Å²) in [5, 5.41) is 11.2. The first kappa shape index (κ1) is 29.7. The number of alkyl halides is 3. The molecule has 0 radical (unpaired) electrons. The first-order chi connectivity index (χ1) is 18.3. The molecule has 3 aromatic carbocycles. The fourth-order valence-corrected chi connectivity index (χ4v) is 4.47. The summed E-state index contributed by atoms with van der Waals surface area (Å²) in [6, 6.07) is 18.2. The maximum Gasteiger partial charge on any atom is 0.389 e. The molecule has 1 amide bonds. The predicted octanol–water partition coefficient (Wildman–Crippen LogP) is 7.76. The van der Waals surface area contributed by atoms with E-state index in [1.807, 2.05) is 26.0 Å². The highest BCUT2D eigenvalue weighted by atomic mass is 19.4. The van der Waals surface area contributed by atoms with E-state index >= 15 is 0 Å². The van der Waals surface area contributed by atoms with Gasteiger partial charge in [0.15, 0.2) is 0 Å². The lowest BCUT2D eigenvalue weighted by atomic mass is 9.93. The molecule has 2 N–H and O–H groups in total. The molecule has 1 atom stereocenters. The SMILES string of the molecule is Cc1cc(OC(CCC(F)(F)F)c2ccc(C(=O)NCCC(=O)O)cc2)cc(C)c1-c1ccc(C(C)C)cc1. The van der Waals surface area contributed by atoms with Gasteiger partial charge in [-0.05, 0) is 83.8 Å². The highest BCUT2D eigenvalue weighted by molar-refractivity contribution is 5.94. The van der Waals surface area contributed by atoms with Crippen molar-refractivity contribution < 1.29 is 32.6 Å². The highest BCUT2D eigenvalue weighted by Crippen LogP contribution is 2.36. The Morgan fingerprint density at radius 3 is 2.00 bits per heavy atom. The Hall–Kier alpha value is -3.81. The minimum atomic E-state index is -4.34. The number of hydrogen-bond acceptors (Lipinski definition) is 3. The molecule has 0 aliphatic carbocycles. The van der Waals surface area contributed by atoms with Crippen molar-refractivity contribution >= 4 is 11.9 Å². The van der Waals surface area contributed by atoms with E-state index in [4.69, 9.17) is 9.84 Å². The zero-order valence-electron chi connectivity index (χ0n) is 22.6. The molecule has 8 heteroatoms. The Balaban J connectivity index is 1.83. The van der Waals surface area contributed by atoms with Gasteiger partial charge in [0.1, 0.15) is 11.9 Å². The van der Waals surface area contributed by atoms with Crippen molar-refractivity contribution in [3.8, 4) is 16.9 Å². The second kappa shape index (κ2) is 12.8. The van der Waals surface area contributed by atoms with Gasteiger partial charge in [0, 0.05) is 18.5 Å². The molecular weight excluding hydrogens is 507 g/mol. The molecule has 39 heavy (non-hydrogen) atoms. The predicted molar refractivity (Wildman–Crippen MR) is 145 cm³/mol. The number of aliphatic carboxylic acids is 1. The number of rotatable bonds is 11. The van der Waals surface area contributed by atoms with Gasteiger partial charge < -0.3 is 15.2 Å². The van der Waals surface area contributed by atoms with E-state index in [0.29, 0.717) is 17.2 Å². The lowest BCUT2D eigenvalue weighted by molar-refractivity contribution is -0.139. The average molecular weight is 542 g/mol. The van der Waals surface area contributed by atoms with Crippen LogP contribution < -0.4 is 10.1 Å². The largest absolute Gasteiger partial charge is 0.486 e. The molecule has 5 nitrogen and oxygen atoms in total. The van der Waals surface area contributed by atoms with Crippen molar-refractivity contribution in [2.75, 3.05) is 6.54 Å². The van der Waals surface area contributed by atoms with Crippen molar-refractivity contribution in [3.05, 3.63) is 88.5 Å². The third-order valence-corrected chi connectivity index (χ3v) is 6.51. The number of ether oxygens (including phenoxy) is 1. The third kappa shape index (κ3) is 8.60. The minimum Gasteiger partial charge on any atom is -0.486 e. The van der Waals surface area contributed by atoms with Crippen molar-refractivity contribution in [1.29, 1.82) is 0 Å². The van der Waals surface area contributed by atoms with E-state index in [1.165, 1.54) is 17.7 Å². The van der Waals surface area contributed by atoms with Crippen LogP contribution in [-0.2, 0) is 4.79 Å². The quantitative estimate of drug-likeness (QED) is 0.260. The third-order valence-electron chi connectivity index (χ3n) is 6.51. The average Bonchev–Trinajstić information content (AvgIpc) is 2.85. The summed E-state index contributed by atoms with van der Waals surface area (Å²) in [6.07, 6.45) is -6.75. The van der Waals surface area contributed by atoms with Gasteiger partial charge >= 0.3 is 12.1 Å². The lowest BCUT2D eigenvalue weighted by Gasteiger charge is -2.22. The molecule has 1 unspecified atom stereocenters. The number of aryl methyl sites for hydroxylation is 2. The number of benzene rings is 3. The Morgan fingerprint density at radius 2 is 1.49 bits per heavy atom. The molecule has 0 heterocycles. The standard InChI is InChI=1S/C31H34F3NO4/c1-19(2)22-5-9-24(10-6-22)29-20(3)17-26(18-21(29)4)39-27(13-15-31(32,33)34)23-7-11-25(12-8-23)30(38)35-16-14-28(36)37/h5-12,17-19,27H,13-16H2,1-4H3,(H,35,38)(H,36,37). The fourth-order valence-electron chi connectivity index (χ4n) is 4.47. The second-order valence-electron chi connectivity index (χ2n) is 9.99. The Morgan fingerprint density at radius 1 is 0.923 bits per heavy atom. The van der Waals surface area contributed by atoms with Gasteiger partial charge in [-0.1, -0.05) is 50.2 Å². The summed E-state index contributed by atoms with van der Waals surface area (Å²) in [5.41, 5.74) is 6.04. The van der Waals surface area contributed by atoms with Gasteiger partial charge in [0.2, 0.25) is 0 Å². The number of amides is 1. The number of nitrogens with one attached hydrogen (secondary N) is 1. The number of carbonyl (C=O) groups is 2. The van der Waals surface area contributed by atoms with Crippen LogP contribution in [-0.4, -0.2) is 29.7 Å². The van der Waals surface area contributed by atoms with E-state index in [0.717, 1.165) is 22.3 Å². The van der Waals surface area contributed by atoms with E-state index in [-0.39, 0.29) is 24.9 Å². The van der Waals surface area contributed by atoms with Crippen LogP contribution in [0.3, 0.4) is 0 Å². The number of halogens is 3. The molecule has 0 saturated heterocycles. The van der Waals surface area contributed by atoms with Gasteiger partial charge in [-0.3, -0.25) is 9.59 Å². The molecule has 0 aromatic heterocycles. The van der Waals surface area contributed by atoms with Crippen LogP contribution in [0.15, 0.2) is 60.7 Å². The van der Waals surface area contributed by atoms with Gasteiger partial charge in [-0.2, -0.15) is 13.2 Å². The number of carboxylic acids is 1. The van der Waals surface area contributed by atoms with Gasteiger partial charge in [0.25, 0.3) is 5.91 Å². The van der Waals surface area contributed by atoms with Crippen molar-refractivity contribution in [3.63, 3.8) is 0 Å². The second-order valence-corrected chi connectivity index (χ2v) is 9.99. The van der Waals surface area contributed by atoms with Gasteiger partial charge in [-0.25, -0.2) is 0 Å². The molecule has 0 aliphatic rings. The van der Waals surface area contributed by atoms with Crippen LogP contribution in [0.4, 0.5) is 13.2 Å². The molecule has 0 fully saturated rings. The van der Waals surface area contributed by atoms with Crippen molar-refractivity contribution in [2.24, 2.45) is 0 Å². The molecule has 3 aromatic rings. The summed E-state index contributed by atoms with van der Waals surface area (Å²) < 4.78 is 45.5. The van der Waals surface area contributed by atoms with Crippen LogP contribution in [0.1, 0.15) is 77.7 Å². The molecule has 208 valence electrons.